The number of aromatic nitrogens is 4. The average molecular weight is 451 g/mol. The zero-order valence-corrected chi connectivity index (χ0v) is 20.0. The molecule has 1 aromatic heterocycles. The van der Waals surface area contributed by atoms with Crippen molar-refractivity contribution in [1.29, 1.82) is 0 Å². The maximum absolute atomic E-state index is 5.77. The van der Waals surface area contributed by atoms with Crippen LogP contribution in [0.2, 0.25) is 0 Å². The highest BCUT2D eigenvalue weighted by Crippen LogP contribution is 2.37. The highest BCUT2D eigenvalue weighted by Gasteiger charge is 2.33. The van der Waals surface area contributed by atoms with Gasteiger partial charge in [0.1, 0.15) is 17.5 Å². The lowest BCUT2D eigenvalue weighted by molar-refractivity contribution is 0.196. The van der Waals surface area contributed by atoms with E-state index in [9.17, 15) is 0 Å². The molecule has 0 bridgehead atoms. The summed E-state index contributed by atoms with van der Waals surface area (Å²) in [5.74, 6) is 3.02. The summed E-state index contributed by atoms with van der Waals surface area (Å²) in [6, 6.07) is 16.4. The first-order chi connectivity index (χ1) is 16.1. The Labute approximate surface area is 196 Å². The monoisotopic (exact) mass is 450 g/mol. The van der Waals surface area contributed by atoms with Gasteiger partial charge in [-0.25, -0.2) is 4.68 Å². The normalized spacial score (nSPS) is 15.6. The second-order valence-corrected chi connectivity index (χ2v) is 8.81. The van der Waals surface area contributed by atoms with E-state index in [0.717, 1.165) is 62.0 Å². The smallest absolute Gasteiger partial charge is 0.173 e. The van der Waals surface area contributed by atoms with Gasteiger partial charge in [-0.05, 0) is 53.1 Å². The van der Waals surface area contributed by atoms with Crippen LogP contribution in [0.5, 0.6) is 11.5 Å². The number of nitrogens with zero attached hydrogens (tertiary/aromatic N) is 6. The zero-order chi connectivity index (χ0) is 23.2. The van der Waals surface area contributed by atoms with E-state index in [1.165, 1.54) is 5.69 Å². The molecule has 0 radical (unpaired) electrons. The van der Waals surface area contributed by atoms with Crippen molar-refractivity contribution in [3.8, 4) is 11.5 Å². The molecule has 1 aliphatic rings. The Balaban J connectivity index is 1.67. The molecule has 2 aromatic carbocycles. The third kappa shape index (κ3) is 5.27. The van der Waals surface area contributed by atoms with E-state index >= 15 is 0 Å². The summed E-state index contributed by atoms with van der Waals surface area (Å²) in [4.78, 5) is 4.88. The molecule has 0 aliphatic carbocycles. The topological polar surface area (TPSA) is 68.5 Å². The first-order valence-corrected chi connectivity index (χ1v) is 11.6. The Morgan fingerprint density at radius 3 is 2.36 bits per heavy atom. The quantitative estimate of drug-likeness (QED) is 0.493. The number of hydrogen-bond acceptors (Lipinski definition) is 7. The third-order valence-corrected chi connectivity index (χ3v) is 6.25. The SMILES string of the molecule is COc1ccc(OC)c([C@H](c2nnnn2CCC(C)C)N2CCN(c3ccccc3)CC2)c1. The van der Waals surface area contributed by atoms with Crippen molar-refractivity contribution in [2.45, 2.75) is 32.9 Å². The molecule has 0 N–H and O–H groups in total. The van der Waals surface area contributed by atoms with Crippen LogP contribution in [0.25, 0.3) is 0 Å². The number of tetrazole rings is 1. The van der Waals surface area contributed by atoms with Crippen LogP contribution in [0.15, 0.2) is 48.5 Å². The maximum atomic E-state index is 5.77. The van der Waals surface area contributed by atoms with Crippen molar-refractivity contribution >= 4 is 5.69 Å². The van der Waals surface area contributed by atoms with E-state index in [0.29, 0.717) is 5.92 Å². The molecule has 176 valence electrons. The lowest BCUT2D eigenvalue weighted by Gasteiger charge is -2.40. The van der Waals surface area contributed by atoms with E-state index in [-0.39, 0.29) is 6.04 Å². The van der Waals surface area contributed by atoms with Crippen LogP contribution >= 0.6 is 0 Å². The summed E-state index contributed by atoms with van der Waals surface area (Å²) in [5, 5.41) is 12.9. The Bertz CT molecular complexity index is 1010. The van der Waals surface area contributed by atoms with E-state index in [1.54, 1.807) is 14.2 Å². The molecule has 8 nitrogen and oxygen atoms in total. The molecule has 1 aliphatic heterocycles. The molecule has 1 saturated heterocycles. The molecule has 0 saturated carbocycles. The summed E-state index contributed by atoms with van der Waals surface area (Å²) >= 11 is 0. The van der Waals surface area contributed by atoms with Crippen molar-refractivity contribution < 1.29 is 9.47 Å². The molecule has 2 heterocycles. The Hall–Kier alpha value is -3.13. The highest BCUT2D eigenvalue weighted by molar-refractivity contribution is 5.47. The molecule has 4 rings (SSSR count). The number of hydrogen-bond donors (Lipinski definition) is 0. The van der Waals surface area contributed by atoms with Gasteiger partial charge in [0.2, 0.25) is 0 Å². The van der Waals surface area contributed by atoms with Crippen LogP contribution in [0, 0.1) is 5.92 Å². The van der Waals surface area contributed by atoms with E-state index in [2.05, 4.69) is 75.6 Å². The first kappa shape index (κ1) is 23.0. The van der Waals surface area contributed by atoms with Crippen LogP contribution in [-0.4, -0.2) is 65.5 Å². The summed E-state index contributed by atoms with van der Waals surface area (Å²) in [6.07, 6.45) is 1.02. The van der Waals surface area contributed by atoms with Gasteiger partial charge in [-0.1, -0.05) is 32.0 Å². The largest absolute Gasteiger partial charge is 0.497 e. The molecule has 33 heavy (non-hydrogen) atoms. The Morgan fingerprint density at radius 1 is 0.939 bits per heavy atom. The fourth-order valence-electron chi connectivity index (χ4n) is 4.38. The summed E-state index contributed by atoms with van der Waals surface area (Å²) in [7, 11) is 3.39. The molecule has 0 unspecified atom stereocenters. The second kappa shape index (κ2) is 10.7. The van der Waals surface area contributed by atoms with Crippen molar-refractivity contribution in [3.05, 3.63) is 59.9 Å². The molecular weight excluding hydrogens is 416 g/mol. The first-order valence-electron chi connectivity index (χ1n) is 11.6. The third-order valence-electron chi connectivity index (χ3n) is 6.25. The van der Waals surface area contributed by atoms with Gasteiger partial charge in [0.05, 0.1) is 14.2 Å². The van der Waals surface area contributed by atoms with Gasteiger partial charge in [-0.2, -0.15) is 0 Å². The van der Waals surface area contributed by atoms with Crippen molar-refractivity contribution in [2.24, 2.45) is 5.92 Å². The number of benzene rings is 2. The maximum Gasteiger partial charge on any atom is 0.173 e. The van der Waals surface area contributed by atoms with Crippen LogP contribution < -0.4 is 14.4 Å². The molecule has 3 aromatic rings. The number of ether oxygens (including phenoxy) is 2. The van der Waals surface area contributed by atoms with Gasteiger partial charge >= 0.3 is 0 Å². The van der Waals surface area contributed by atoms with Crippen molar-refractivity contribution in [1.82, 2.24) is 25.1 Å². The van der Waals surface area contributed by atoms with Crippen molar-refractivity contribution in [2.75, 3.05) is 45.3 Å². The number of para-hydroxylation sites is 1. The molecule has 1 atom stereocenters. The van der Waals surface area contributed by atoms with Crippen LogP contribution in [0.1, 0.15) is 37.7 Å². The second-order valence-electron chi connectivity index (χ2n) is 8.81. The Morgan fingerprint density at radius 2 is 1.70 bits per heavy atom. The highest BCUT2D eigenvalue weighted by atomic mass is 16.5. The number of anilines is 1. The lowest BCUT2D eigenvalue weighted by atomic mass is 10.0. The molecule has 1 fully saturated rings. The van der Waals surface area contributed by atoms with Crippen molar-refractivity contribution in [3.63, 3.8) is 0 Å². The molecule has 8 heteroatoms. The van der Waals surface area contributed by atoms with Gasteiger partial charge in [-0.15, -0.1) is 5.10 Å². The fraction of sp³-hybridized carbons (Fsp3) is 0.480. The summed E-state index contributed by atoms with van der Waals surface area (Å²) in [6.45, 7) is 8.85. The van der Waals surface area contributed by atoms with E-state index < -0.39 is 0 Å². The Kier molecular flexibility index (Phi) is 7.44. The van der Waals surface area contributed by atoms with Gasteiger partial charge in [0.15, 0.2) is 5.82 Å². The number of rotatable bonds is 9. The number of methoxy groups -OCH3 is 2. The zero-order valence-electron chi connectivity index (χ0n) is 20.0. The number of piperazine rings is 1. The minimum atomic E-state index is -0.130. The molecule has 0 amide bonds. The summed E-state index contributed by atoms with van der Waals surface area (Å²) < 4.78 is 13.3. The number of aryl methyl sites for hydroxylation is 1. The van der Waals surface area contributed by atoms with E-state index in [1.807, 2.05) is 16.8 Å². The molecular formula is C25H34N6O2. The van der Waals surface area contributed by atoms with Gasteiger partial charge < -0.3 is 14.4 Å². The van der Waals surface area contributed by atoms with Crippen LogP contribution in [0.3, 0.4) is 0 Å². The predicted octanol–water partition coefficient (Wildman–Crippen LogP) is 3.65. The van der Waals surface area contributed by atoms with Gasteiger partial charge in [0, 0.05) is 44.0 Å². The summed E-state index contributed by atoms with van der Waals surface area (Å²) in [5.41, 5.74) is 2.28. The van der Waals surface area contributed by atoms with E-state index in [4.69, 9.17) is 9.47 Å². The van der Waals surface area contributed by atoms with Crippen LogP contribution in [-0.2, 0) is 6.54 Å². The minimum absolute atomic E-state index is 0.130. The van der Waals surface area contributed by atoms with Gasteiger partial charge in [0.25, 0.3) is 0 Å². The standard InChI is InChI=1S/C25H34N6O2/c1-19(2)12-13-31-25(26-27-28-31)24(22-18-21(32-3)10-11-23(22)33-4)30-16-14-29(15-17-30)20-8-6-5-7-9-20/h5-11,18-19,24H,12-17H2,1-4H3/t24-/m1/s1. The fourth-order valence-corrected chi connectivity index (χ4v) is 4.38. The molecule has 0 spiro atoms. The average Bonchev–Trinajstić information content (AvgIpc) is 3.32. The lowest BCUT2D eigenvalue weighted by Crippen LogP contribution is -2.48. The predicted molar refractivity (Wildman–Crippen MR) is 129 cm³/mol. The van der Waals surface area contributed by atoms with Crippen LogP contribution in [0.4, 0.5) is 5.69 Å². The minimum Gasteiger partial charge on any atom is -0.497 e. The van der Waals surface area contributed by atoms with Gasteiger partial charge in [-0.3, -0.25) is 4.90 Å².